The predicted octanol–water partition coefficient (Wildman–Crippen LogP) is 4.78. The Labute approximate surface area is 99.8 Å². The Bertz CT molecular complexity index is 610. The number of aromatic nitrogens is 1. The molecule has 2 aromatic carbocycles. The molecule has 0 bridgehead atoms. The van der Waals surface area contributed by atoms with Gasteiger partial charge in [-0.2, -0.15) is 0 Å². The van der Waals surface area contributed by atoms with Crippen LogP contribution in [0.1, 0.15) is 18.9 Å². The van der Waals surface area contributed by atoms with Crippen molar-refractivity contribution < 1.29 is 0 Å². The third-order valence-corrected chi connectivity index (χ3v) is 3.33. The van der Waals surface area contributed by atoms with E-state index in [0.717, 1.165) is 10.5 Å². The molecule has 0 unspecified atom stereocenters. The quantitative estimate of drug-likeness (QED) is 0.540. The van der Waals surface area contributed by atoms with Crippen molar-refractivity contribution in [3.8, 4) is 0 Å². The Morgan fingerprint density at radius 3 is 2.56 bits per heavy atom. The van der Waals surface area contributed by atoms with Gasteiger partial charge in [-0.1, -0.05) is 44.2 Å². The molecule has 0 spiro atoms. The molecule has 0 aliphatic rings. The van der Waals surface area contributed by atoms with Gasteiger partial charge < -0.3 is 0 Å². The van der Waals surface area contributed by atoms with E-state index in [1.54, 1.807) is 11.3 Å². The molecule has 0 amide bonds. The van der Waals surface area contributed by atoms with Gasteiger partial charge in [0, 0.05) is 5.39 Å². The van der Waals surface area contributed by atoms with Gasteiger partial charge >= 0.3 is 0 Å². The first-order valence-electron chi connectivity index (χ1n) is 5.59. The summed E-state index contributed by atoms with van der Waals surface area (Å²) in [5.74, 6) is 0. The van der Waals surface area contributed by atoms with Crippen molar-refractivity contribution in [2.24, 2.45) is 0 Å². The molecule has 2 heteroatoms. The van der Waals surface area contributed by atoms with Gasteiger partial charge in [0.2, 0.25) is 0 Å². The minimum Gasteiger partial charge on any atom is -0.241 e. The molecule has 0 aliphatic heterocycles. The molecule has 0 saturated carbocycles. The predicted molar refractivity (Wildman–Crippen MR) is 73.2 cm³/mol. The number of benzene rings is 2. The van der Waals surface area contributed by atoms with Crippen LogP contribution in [0.3, 0.4) is 0 Å². The van der Waals surface area contributed by atoms with E-state index >= 15 is 0 Å². The summed E-state index contributed by atoms with van der Waals surface area (Å²) in [5.41, 5.74) is 1.14. The first-order chi connectivity index (χ1) is 7.84. The molecule has 0 atom stereocenters. The lowest BCUT2D eigenvalue weighted by Crippen LogP contribution is -1.74. The van der Waals surface area contributed by atoms with Crippen molar-refractivity contribution in [2.45, 2.75) is 20.8 Å². The van der Waals surface area contributed by atoms with Gasteiger partial charge in [0.05, 0.1) is 15.2 Å². The second kappa shape index (κ2) is 4.62. The number of rotatable bonds is 0. The largest absolute Gasteiger partial charge is 0.241 e. The summed E-state index contributed by atoms with van der Waals surface area (Å²) >= 11 is 1.76. The summed E-state index contributed by atoms with van der Waals surface area (Å²) in [6, 6.07) is 12.7. The molecule has 82 valence electrons. The lowest BCUT2D eigenvalue weighted by atomic mass is 10.1. The second-order valence-corrected chi connectivity index (χ2v) is 4.60. The monoisotopic (exact) mass is 229 g/mol. The summed E-state index contributed by atoms with van der Waals surface area (Å²) in [4.78, 5) is 4.56. The van der Waals surface area contributed by atoms with Crippen LogP contribution in [0, 0.1) is 6.92 Å². The van der Waals surface area contributed by atoms with Gasteiger partial charge in [-0.15, -0.1) is 11.3 Å². The fraction of sp³-hybridized carbons (Fsp3) is 0.214. The van der Waals surface area contributed by atoms with Crippen molar-refractivity contribution in [1.82, 2.24) is 4.98 Å². The maximum absolute atomic E-state index is 4.56. The molecule has 16 heavy (non-hydrogen) atoms. The molecule has 0 fully saturated rings. The van der Waals surface area contributed by atoms with Crippen molar-refractivity contribution in [2.75, 3.05) is 0 Å². The first-order valence-corrected chi connectivity index (χ1v) is 6.41. The normalized spacial score (nSPS) is 10.2. The van der Waals surface area contributed by atoms with E-state index in [1.807, 2.05) is 13.8 Å². The van der Waals surface area contributed by atoms with E-state index in [4.69, 9.17) is 0 Å². The zero-order valence-corrected chi connectivity index (χ0v) is 10.6. The van der Waals surface area contributed by atoms with Crippen LogP contribution in [0.2, 0.25) is 0 Å². The summed E-state index contributed by atoms with van der Waals surface area (Å²) < 4.78 is 1.28. The Balaban J connectivity index is 0.000000457. The number of nitrogens with zero attached hydrogens (tertiary/aromatic N) is 1. The molecule has 1 nitrogen and oxygen atoms in total. The number of hydrogen-bond acceptors (Lipinski definition) is 2. The Morgan fingerprint density at radius 2 is 1.75 bits per heavy atom. The average molecular weight is 229 g/mol. The van der Waals surface area contributed by atoms with Gasteiger partial charge in [0.25, 0.3) is 0 Å². The molecule has 3 rings (SSSR count). The SMILES string of the molecule is CC.Cc1nc2c(ccc3ccccc32)s1. The van der Waals surface area contributed by atoms with Crippen molar-refractivity contribution >= 4 is 32.3 Å². The molecule has 3 aromatic rings. The third kappa shape index (κ3) is 1.81. The van der Waals surface area contributed by atoms with Crippen LogP contribution < -0.4 is 0 Å². The highest BCUT2D eigenvalue weighted by atomic mass is 32.1. The first kappa shape index (κ1) is 11.1. The van der Waals surface area contributed by atoms with E-state index in [2.05, 4.69) is 48.3 Å². The molecule has 0 aliphatic carbocycles. The van der Waals surface area contributed by atoms with Crippen LogP contribution in [-0.4, -0.2) is 4.98 Å². The van der Waals surface area contributed by atoms with Crippen LogP contribution in [0.25, 0.3) is 21.0 Å². The van der Waals surface area contributed by atoms with Crippen molar-refractivity contribution in [1.29, 1.82) is 0 Å². The van der Waals surface area contributed by atoms with Crippen LogP contribution in [0.5, 0.6) is 0 Å². The van der Waals surface area contributed by atoms with E-state index in [-0.39, 0.29) is 0 Å². The highest BCUT2D eigenvalue weighted by Gasteiger charge is 2.03. The lowest BCUT2D eigenvalue weighted by molar-refractivity contribution is 1.35. The summed E-state index contributed by atoms with van der Waals surface area (Å²) in [6.07, 6.45) is 0. The maximum atomic E-state index is 4.56. The number of fused-ring (bicyclic) bond motifs is 3. The van der Waals surface area contributed by atoms with Crippen LogP contribution in [-0.2, 0) is 0 Å². The maximum Gasteiger partial charge on any atom is 0.0908 e. The summed E-state index contributed by atoms with van der Waals surface area (Å²) in [6.45, 7) is 6.06. The fourth-order valence-corrected chi connectivity index (χ4v) is 2.62. The van der Waals surface area contributed by atoms with Crippen LogP contribution in [0.15, 0.2) is 36.4 Å². The third-order valence-electron chi connectivity index (χ3n) is 2.39. The van der Waals surface area contributed by atoms with Crippen LogP contribution in [0.4, 0.5) is 0 Å². The van der Waals surface area contributed by atoms with E-state index < -0.39 is 0 Å². The number of hydrogen-bond donors (Lipinski definition) is 0. The van der Waals surface area contributed by atoms with Crippen molar-refractivity contribution in [3.63, 3.8) is 0 Å². The fourth-order valence-electron chi connectivity index (χ4n) is 1.77. The van der Waals surface area contributed by atoms with Crippen molar-refractivity contribution in [3.05, 3.63) is 41.4 Å². The molecule has 0 N–H and O–H groups in total. The summed E-state index contributed by atoms with van der Waals surface area (Å²) in [5, 5.41) is 3.66. The Hall–Kier alpha value is -1.41. The second-order valence-electron chi connectivity index (χ2n) is 3.37. The molecule has 1 heterocycles. The highest BCUT2D eigenvalue weighted by Crippen LogP contribution is 2.28. The Kier molecular flexibility index (Phi) is 3.20. The lowest BCUT2D eigenvalue weighted by Gasteiger charge is -1.96. The number of thiazole rings is 1. The molecule has 1 aromatic heterocycles. The molecule has 0 radical (unpaired) electrons. The topological polar surface area (TPSA) is 12.9 Å². The van der Waals surface area contributed by atoms with Gasteiger partial charge in [0.1, 0.15) is 0 Å². The van der Waals surface area contributed by atoms with E-state index in [0.29, 0.717) is 0 Å². The highest BCUT2D eigenvalue weighted by molar-refractivity contribution is 7.18. The standard InChI is InChI=1S/C12H9NS.C2H6/c1-8-13-12-10-5-3-2-4-9(10)6-7-11(12)14-8;1-2/h2-7H,1H3;1-2H3. The smallest absolute Gasteiger partial charge is 0.0908 e. The van der Waals surface area contributed by atoms with E-state index in [9.17, 15) is 0 Å². The minimum atomic E-state index is 1.14. The van der Waals surface area contributed by atoms with Gasteiger partial charge in [0.15, 0.2) is 0 Å². The van der Waals surface area contributed by atoms with Gasteiger partial charge in [-0.3, -0.25) is 0 Å². The zero-order valence-electron chi connectivity index (χ0n) is 9.82. The zero-order chi connectivity index (χ0) is 11.5. The molecular weight excluding hydrogens is 214 g/mol. The van der Waals surface area contributed by atoms with Crippen LogP contribution >= 0.6 is 11.3 Å². The Morgan fingerprint density at radius 1 is 1.00 bits per heavy atom. The minimum absolute atomic E-state index is 1.14. The van der Waals surface area contributed by atoms with E-state index in [1.165, 1.54) is 15.5 Å². The summed E-state index contributed by atoms with van der Waals surface area (Å²) in [7, 11) is 0. The molecule has 0 saturated heterocycles. The van der Waals surface area contributed by atoms with Gasteiger partial charge in [-0.05, 0) is 18.4 Å². The molecular formula is C14H15NS. The van der Waals surface area contributed by atoms with Gasteiger partial charge in [-0.25, -0.2) is 4.98 Å². The number of aryl methyl sites for hydroxylation is 1. The average Bonchev–Trinajstić information content (AvgIpc) is 2.72.